The lowest BCUT2D eigenvalue weighted by atomic mass is 9.76. The van der Waals surface area contributed by atoms with Crippen molar-refractivity contribution >= 4 is 12.0 Å². The molecule has 2 heterocycles. The van der Waals surface area contributed by atoms with E-state index in [2.05, 4.69) is 0 Å². The molecular weight excluding hydrogens is 272 g/mol. The fourth-order valence-electron chi connectivity index (χ4n) is 3.42. The van der Waals surface area contributed by atoms with E-state index in [4.69, 9.17) is 4.74 Å². The Kier molecular flexibility index (Phi) is 4.76. The van der Waals surface area contributed by atoms with Crippen LogP contribution in [0.25, 0.3) is 0 Å². The standard InChI is InChI=1S/C15H26N2O4/c1-11-10-16(7-5-9-21-11)14(20)17-8-4-6-15(2,3)12(17)13(18)19/h11-12H,4-10H2,1-3H3,(H,18,19). The number of aliphatic carboxylic acids is 1. The van der Waals surface area contributed by atoms with Gasteiger partial charge in [0.2, 0.25) is 0 Å². The van der Waals surface area contributed by atoms with Gasteiger partial charge in [-0.05, 0) is 31.6 Å². The molecule has 2 atom stereocenters. The number of carboxylic acids is 1. The highest BCUT2D eigenvalue weighted by Gasteiger charge is 2.45. The maximum Gasteiger partial charge on any atom is 0.327 e. The second-order valence-electron chi connectivity index (χ2n) is 6.79. The fraction of sp³-hybridized carbons (Fsp3) is 0.867. The number of nitrogens with zero attached hydrogens (tertiary/aromatic N) is 2. The summed E-state index contributed by atoms with van der Waals surface area (Å²) in [6.07, 6.45) is 2.47. The van der Waals surface area contributed by atoms with Gasteiger partial charge in [0, 0.05) is 26.2 Å². The van der Waals surface area contributed by atoms with Gasteiger partial charge in [0.05, 0.1) is 6.10 Å². The quantitative estimate of drug-likeness (QED) is 0.801. The van der Waals surface area contributed by atoms with Crippen molar-refractivity contribution in [3.05, 3.63) is 0 Å². The number of piperidine rings is 1. The minimum Gasteiger partial charge on any atom is -0.480 e. The maximum atomic E-state index is 12.8. The zero-order valence-electron chi connectivity index (χ0n) is 13.2. The molecule has 0 aliphatic carbocycles. The van der Waals surface area contributed by atoms with Gasteiger partial charge < -0.3 is 19.6 Å². The van der Waals surface area contributed by atoms with Gasteiger partial charge in [0.1, 0.15) is 6.04 Å². The highest BCUT2D eigenvalue weighted by Crippen LogP contribution is 2.36. The molecule has 2 fully saturated rings. The first-order valence-electron chi connectivity index (χ1n) is 7.73. The molecular formula is C15H26N2O4. The zero-order chi connectivity index (χ0) is 15.6. The first kappa shape index (κ1) is 16.1. The van der Waals surface area contributed by atoms with Crippen LogP contribution in [-0.4, -0.2) is 65.3 Å². The normalized spacial score (nSPS) is 29.9. The van der Waals surface area contributed by atoms with Gasteiger partial charge in [0.25, 0.3) is 0 Å². The molecule has 1 N–H and O–H groups in total. The molecule has 21 heavy (non-hydrogen) atoms. The van der Waals surface area contributed by atoms with Crippen molar-refractivity contribution < 1.29 is 19.4 Å². The highest BCUT2D eigenvalue weighted by molar-refractivity contribution is 5.83. The first-order valence-corrected chi connectivity index (χ1v) is 7.73. The summed E-state index contributed by atoms with van der Waals surface area (Å²) in [7, 11) is 0. The highest BCUT2D eigenvalue weighted by atomic mass is 16.5. The Morgan fingerprint density at radius 2 is 1.95 bits per heavy atom. The van der Waals surface area contributed by atoms with Crippen LogP contribution in [0.15, 0.2) is 0 Å². The molecule has 2 aliphatic rings. The smallest absolute Gasteiger partial charge is 0.327 e. The van der Waals surface area contributed by atoms with Crippen LogP contribution in [0.2, 0.25) is 0 Å². The Balaban J connectivity index is 2.17. The van der Waals surface area contributed by atoms with E-state index < -0.39 is 17.4 Å². The second kappa shape index (κ2) is 6.22. The maximum absolute atomic E-state index is 12.8. The molecule has 6 heteroatoms. The minimum atomic E-state index is -0.910. The van der Waals surface area contributed by atoms with Crippen molar-refractivity contribution in [2.24, 2.45) is 5.41 Å². The molecule has 0 aromatic rings. The third-order valence-electron chi connectivity index (χ3n) is 4.47. The Labute approximate surface area is 126 Å². The summed E-state index contributed by atoms with van der Waals surface area (Å²) in [6.45, 7) is 8.14. The topological polar surface area (TPSA) is 70.1 Å². The molecule has 0 radical (unpaired) electrons. The number of carbonyl (C=O) groups excluding carboxylic acids is 1. The van der Waals surface area contributed by atoms with Crippen LogP contribution in [0.4, 0.5) is 4.79 Å². The zero-order valence-corrected chi connectivity index (χ0v) is 13.2. The summed E-state index contributed by atoms with van der Waals surface area (Å²) >= 11 is 0. The van der Waals surface area contributed by atoms with Gasteiger partial charge in [-0.25, -0.2) is 9.59 Å². The van der Waals surface area contributed by atoms with E-state index >= 15 is 0 Å². The fourth-order valence-corrected chi connectivity index (χ4v) is 3.42. The van der Waals surface area contributed by atoms with E-state index in [-0.39, 0.29) is 12.1 Å². The number of urea groups is 1. The number of likely N-dealkylation sites (tertiary alicyclic amines) is 1. The van der Waals surface area contributed by atoms with Gasteiger partial charge in [-0.2, -0.15) is 0 Å². The van der Waals surface area contributed by atoms with Gasteiger partial charge in [0.15, 0.2) is 0 Å². The van der Waals surface area contributed by atoms with Crippen LogP contribution in [0.3, 0.4) is 0 Å². The third kappa shape index (κ3) is 3.48. The number of amides is 2. The van der Waals surface area contributed by atoms with Gasteiger partial charge in [-0.1, -0.05) is 13.8 Å². The molecule has 2 saturated heterocycles. The van der Waals surface area contributed by atoms with Crippen molar-refractivity contribution in [3.63, 3.8) is 0 Å². The van der Waals surface area contributed by atoms with Crippen LogP contribution in [-0.2, 0) is 9.53 Å². The first-order chi connectivity index (χ1) is 9.83. The predicted octanol–water partition coefficient (Wildman–Crippen LogP) is 1.79. The van der Waals surface area contributed by atoms with Crippen LogP contribution in [0.1, 0.15) is 40.0 Å². The molecule has 120 valence electrons. The lowest BCUT2D eigenvalue weighted by Crippen LogP contribution is -2.59. The van der Waals surface area contributed by atoms with Crippen LogP contribution in [0, 0.1) is 5.41 Å². The molecule has 2 unspecified atom stereocenters. The number of rotatable bonds is 1. The lowest BCUT2D eigenvalue weighted by molar-refractivity contribution is -0.148. The SMILES string of the molecule is CC1CN(C(=O)N2CCCC(C)(C)C2C(=O)O)CCCO1. The Bertz CT molecular complexity index is 410. The predicted molar refractivity (Wildman–Crippen MR) is 78.1 cm³/mol. The van der Waals surface area contributed by atoms with Crippen molar-refractivity contribution in [1.82, 2.24) is 9.80 Å². The van der Waals surface area contributed by atoms with Crippen LogP contribution < -0.4 is 0 Å². The lowest BCUT2D eigenvalue weighted by Gasteiger charge is -2.45. The largest absolute Gasteiger partial charge is 0.480 e. The Hall–Kier alpha value is -1.30. The number of ether oxygens (including phenoxy) is 1. The Morgan fingerprint density at radius 3 is 2.62 bits per heavy atom. The second-order valence-corrected chi connectivity index (χ2v) is 6.79. The molecule has 2 amide bonds. The van der Waals surface area contributed by atoms with Gasteiger partial charge >= 0.3 is 12.0 Å². The molecule has 0 saturated carbocycles. The third-order valence-corrected chi connectivity index (χ3v) is 4.47. The molecule has 0 aromatic carbocycles. The summed E-state index contributed by atoms with van der Waals surface area (Å²) < 4.78 is 5.56. The van der Waals surface area contributed by atoms with E-state index in [1.165, 1.54) is 0 Å². The van der Waals surface area contributed by atoms with Crippen LogP contribution >= 0.6 is 0 Å². The number of hydrogen-bond acceptors (Lipinski definition) is 3. The van der Waals surface area contributed by atoms with Crippen molar-refractivity contribution in [2.45, 2.75) is 52.2 Å². The molecule has 2 aliphatic heterocycles. The van der Waals surface area contributed by atoms with Crippen LogP contribution in [0.5, 0.6) is 0 Å². The number of hydrogen-bond donors (Lipinski definition) is 1. The number of carboxylic acid groups (broad SMARTS) is 1. The molecule has 0 spiro atoms. The van der Waals surface area contributed by atoms with E-state index in [0.717, 1.165) is 19.3 Å². The molecule has 6 nitrogen and oxygen atoms in total. The van der Waals surface area contributed by atoms with Gasteiger partial charge in [-0.15, -0.1) is 0 Å². The average molecular weight is 298 g/mol. The van der Waals surface area contributed by atoms with E-state index in [1.54, 1.807) is 9.80 Å². The van der Waals surface area contributed by atoms with E-state index in [1.807, 2.05) is 20.8 Å². The summed E-state index contributed by atoms with van der Waals surface area (Å²) in [4.78, 5) is 27.7. The Morgan fingerprint density at radius 1 is 1.24 bits per heavy atom. The summed E-state index contributed by atoms with van der Waals surface area (Å²) in [6, 6.07) is -0.911. The van der Waals surface area contributed by atoms with Crippen molar-refractivity contribution in [3.8, 4) is 0 Å². The summed E-state index contributed by atoms with van der Waals surface area (Å²) in [5.41, 5.74) is -0.395. The van der Waals surface area contributed by atoms with Crippen molar-refractivity contribution in [1.29, 1.82) is 0 Å². The van der Waals surface area contributed by atoms with Crippen molar-refractivity contribution in [2.75, 3.05) is 26.2 Å². The van der Waals surface area contributed by atoms with E-state index in [0.29, 0.717) is 26.2 Å². The minimum absolute atomic E-state index is 0.00229. The summed E-state index contributed by atoms with van der Waals surface area (Å²) in [5.74, 6) is -0.910. The summed E-state index contributed by atoms with van der Waals surface area (Å²) in [5, 5.41) is 9.56. The average Bonchev–Trinajstić information content (AvgIpc) is 2.60. The monoisotopic (exact) mass is 298 g/mol. The molecule has 2 rings (SSSR count). The van der Waals surface area contributed by atoms with E-state index in [9.17, 15) is 14.7 Å². The molecule has 0 bridgehead atoms. The van der Waals surface area contributed by atoms with Gasteiger partial charge in [-0.3, -0.25) is 0 Å². The molecule has 0 aromatic heterocycles. The number of carbonyl (C=O) groups is 2.